The maximum Gasteiger partial charge on any atom is 0.258 e. The zero-order valence-corrected chi connectivity index (χ0v) is 16.5. The Labute approximate surface area is 159 Å². The number of carbonyl (C=O) groups is 1. The number of nitrogens with zero attached hydrogens (tertiary/aromatic N) is 3. The smallest absolute Gasteiger partial charge is 0.258 e. The summed E-state index contributed by atoms with van der Waals surface area (Å²) in [5.74, 6) is 0.258. The number of benzene rings is 1. The zero-order valence-electron chi connectivity index (χ0n) is 16.5. The maximum absolute atomic E-state index is 12.5. The van der Waals surface area contributed by atoms with Gasteiger partial charge >= 0.3 is 0 Å². The highest BCUT2D eigenvalue weighted by molar-refractivity contribution is 5.79. The van der Waals surface area contributed by atoms with Gasteiger partial charge in [-0.05, 0) is 38.8 Å². The molecule has 144 valence electrons. The average Bonchev–Trinajstić information content (AvgIpc) is 2.60. The molecule has 0 aliphatic rings. The van der Waals surface area contributed by atoms with E-state index in [1.807, 2.05) is 38.7 Å². The van der Waals surface area contributed by atoms with Gasteiger partial charge in [0.2, 0.25) is 5.91 Å². The van der Waals surface area contributed by atoms with Crippen LogP contribution in [0.3, 0.4) is 0 Å². The van der Waals surface area contributed by atoms with Crippen molar-refractivity contribution in [3.8, 4) is 6.07 Å². The third-order valence-corrected chi connectivity index (χ3v) is 4.88. The van der Waals surface area contributed by atoms with E-state index in [2.05, 4.69) is 21.4 Å². The van der Waals surface area contributed by atoms with Crippen LogP contribution in [-0.4, -0.2) is 38.9 Å². The Balaban J connectivity index is 2.18. The SMILES string of the molecule is CC(C)N(CC(=O)NC(C)(C#N)C(C)C)Cc1nc2ccccc2c(=O)[nH]1. The van der Waals surface area contributed by atoms with Crippen molar-refractivity contribution in [3.63, 3.8) is 0 Å². The highest BCUT2D eigenvalue weighted by Gasteiger charge is 2.30. The molecule has 27 heavy (non-hydrogen) atoms. The Morgan fingerprint density at radius 1 is 1.33 bits per heavy atom. The molecule has 0 aliphatic heterocycles. The number of hydrogen-bond donors (Lipinski definition) is 2. The van der Waals surface area contributed by atoms with Gasteiger partial charge in [-0.3, -0.25) is 14.5 Å². The van der Waals surface area contributed by atoms with E-state index in [0.29, 0.717) is 23.3 Å². The van der Waals surface area contributed by atoms with Gasteiger partial charge in [-0.15, -0.1) is 0 Å². The first-order valence-corrected chi connectivity index (χ1v) is 9.10. The lowest BCUT2D eigenvalue weighted by atomic mass is 9.90. The van der Waals surface area contributed by atoms with Crippen molar-refractivity contribution < 1.29 is 4.79 Å². The first-order chi connectivity index (χ1) is 12.7. The molecular formula is C20H27N5O2. The van der Waals surface area contributed by atoms with Crippen molar-refractivity contribution in [2.45, 2.75) is 52.7 Å². The molecule has 1 heterocycles. The predicted octanol–water partition coefficient (Wildman–Crippen LogP) is 2.19. The third-order valence-electron chi connectivity index (χ3n) is 4.88. The van der Waals surface area contributed by atoms with Crippen molar-refractivity contribution in [1.29, 1.82) is 5.26 Å². The number of carbonyl (C=O) groups excluding carboxylic acids is 1. The normalized spacial score (nSPS) is 13.7. The number of amides is 1. The molecule has 0 saturated heterocycles. The van der Waals surface area contributed by atoms with Gasteiger partial charge in [-0.1, -0.05) is 26.0 Å². The van der Waals surface area contributed by atoms with Gasteiger partial charge in [0.15, 0.2) is 0 Å². The minimum Gasteiger partial charge on any atom is -0.337 e. The average molecular weight is 369 g/mol. The highest BCUT2D eigenvalue weighted by Crippen LogP contribution is 2.15. The molecule has 1 aromatic carbocycles. The van der Waals surface area contributed by atoms with Gasteiger partial charge in [-0.2, -0.15) is 5.26 Å². The van der Waals surface area contributed by atoms with Crippen LogP contribution >= 0.6 is 0 Å². The zero-order chi connectivity index (χ0) is 20.2. The van der Waals surface area contributed by atoms with Crippen molar-refractivity contribution in [1.82, 2.24) is 20.2 Å². The number of rotatable bonds is 7. The largest absolute Gasteiger partial charge is 0.337 e. The van der Waals surface area contributed by atoms with Gasteiger partial charge in [0.25, 0.3) is 5.56 Å². The lowest BCUT2D eigenvalue weighted by Gasteiger charge is -2.30. The minimum absolute atomic E-state index is 0.0162. The number of aromatic amines is 1. The molecule has 1 aromatic heterocycles. The standard InChI is InChI=1S/C20H27N5O2/c1-13(2)20(5,12-21)24-18(26)11-25(14(3)4)10-17-22-16-9-7-6-8-15(16)19(27)23-17/h6-9,13-14H,10-11H2,1-5H3,(H,24,26)(H,22,23,27). The second kappa shape index (κ2) is 8.31. The molecule has 2 rings (SSSR count). The van der Waals surface area contributed by atoms with E-state index in [1.54, 1.807) is 25.1 Å². The summed E-state index contributed by atoms with van der Waals surface area (Å²) in [6, 6.07) is 9.39. The first kappa shape index (κ1) is 20.6. The van der Waals surface area contributed by atoms with Crippen LogP contribution in [0.4, 0.5) is 0 Å². The first-order valence-electron chi connectivity index (χ1n) is 9.10. The van der Waals surface area contributed by atoms with E-state index < -0.39 is 5.54 Å². The van der Waals surface area contributed by atoms with Crippen LogP contribution < -0.4 is 10.9 Å². The summed E-state index contributed by atoms with van der Waals surface area (Å²) >= 11 is 0. The number of H-pyrrole nitrogens is 1. The van der Waals surface area contributed by atoms with Crippen molar-refractivity contribution >= 4 is 16.8 Å². The van der Waals surface area contributed by atoms with Crippen molar-refractivity contribution in [2.24, 2.45) is 5.92 Å². The summed E-state index contributed by atoms with van der Waals surface area (Å²) in [7, 11) is 0. The monoisotopic (exact) mass is 369 g/mol. The van der Waals surface area contributed by atoms with E-state index in [9.17, 15) is 14.9 Å². The molecule has 1 amide bonds. The van der Waals surface area contributed by atoms with E-state index in [1.165, 1.54) is 0 Å². The predicted molar refractivity (Wildman–Crippen MR) is 105 cm³/mol. The summed E-state index contributed by atoms with van der Waals surface area (Å²) < 4.78 is 0. The summed E-state index contributed by atoms with van der Waals surface area (Å²) in [5, 5.41) is 12.7. The Morgan fingerprint density at radius 3 is 2.59 bits per heavy atom. The van der Waals surface area contributed by atoms with Crippen molar-refractivity contribution in [3.05, 3.63) is 40.4 Å². The Kier molecular flexibility index (Phi) is 6.34. The number of aromatic nitrogens is 2. The number of para-hydroxylation sites is 1. The van der Waals surface area contributed by atoms with E-state index in [4.69, 9.17) is 0 Å². The van der Waals surface area contributed by atoms with Crippen LogP contribution in [0.25, 0.3) is 10.9 Å². The summed E-state index contributed by atoms with van der Waals surface area (Å²) in [6.07, 6.45) is 0. The topological polar surface area (TPSA) is 102 Å². The minimum atomic E-state index is -0.921. The van der Waals surface area contributed by atoms with Crippen LogP contribution in [0.2, 0.25) is 0 Å². The molecule has 7 heteroatoms. The van der Waals surface area contributed by atoms with Gasteiger partial charge in [0, 0.05) is 6.04 Å². The molecule has 0 radical (unpaired) electrons. The maximum atomic E-state index is 12.5. The summed E-state index contributed by atoms with van der Waals surface area (Å²) in [5.41, 5.74) is -0.489. The second-order valence-corrected chi connectivity index (χ2v) is 7.55. The fraction of sp³-hybridized carbons (Fsp3) is 0.500. The lowest BCUT2D eigenvalue weighted by Crippen LogP contribution is -2.52. The van der Waals surface area contributed by atoms with Crippen LogP contribution in [0.15, 0.2) is 29.1 Å². The van der Waals surface area contributed by atoms with Crippen LogP contribution in [0.5, 0.6) is 0 Å². The summed E-state index contributed by atoms with van der Waals surface area (Å²) in [6.45, 7) is 9.89. The van der Waals surface area contributed by atoms with Crippen molar-refractivity contribution in [2.75, 3.05) is 6.54 Å². The van der Waals surface area contributed by atoms with E-state index in [0.717, 1.165) is 0 Å². The number of hydrogen-bond acceptors (Lipinski definition) is 5. The van der Waals surface area contributed by atoms with E-state index >= 15 is 0 Å². The highest BCUT2D eigenvalue weighted by atomic mass is 16.2. The quantitative estimate of drug-likeness (QED) is 0.779. The van der Waals surface area contributed by atoms with Gasteiger partial charge in [-0.25, -0.2) is 4.98 Å². The number of fused-ring (bicyclic) bond motifs is 1. The molecular weight excluding hydrogens is 342 g/mol. The molecule has 1 unspecified atom stereocenters. The molecule has 2 aromatic rings. The Morgan fingerprint density at radius 2 is 2.00 bits per heavy atom. The third kappa shape index (κ3) is 4.92. The lowest BCUT2D eigenvalue weighted by molar-refractivity contribution is -0.124. The molecule has 2 N–H and O–H groups in total. The molecule has 1 atom stereocenters. The van der Waals surface area contributed by atoms with Crippen LogP contribution in [-0.2, 0) is 11.3 Å². The number of nitriles is 1. The fourth-order valence-electron chi connectivity index (χ4n) is 2.64. The molecule has 7 nitrogen and oxygen atoms in total. The summed E-state index contributed by atoms with van der Waals surface area (Å²) in [4.78, 5) is 34.0. The second-order valence-electron chi connectivity index (χ2n) is 7.55. The molecule has 0 spiro atoms. The molecule has 0 fully saturated rings. The van der Waals surface area contributed by atoms with Gasteiger partial charge < -0.3 is 10.3 Å². The Bertz CT molecular complexity index is 912. The van der Waals surface area contributed by atoms with Crippen LogP contribution in [0, 0.1) is 17.2 Å². The Hall–Kier alpha value is -2.72. The van der Waals surface area contributed by atoms with Gasteiger partial charge in [0.1, 0.15) is 11.4 Å². The van der Waals surface area contributed by atoms with Gasteiger partial charge in [0.05, 0.1) is 30.1 Å². The van der Waals surface area contributed by atoms with Crippen LogP contribution in [0.1, 0.15) is 40.4 Å². The number of nitrogens with one attached hydrogen (secondary N) is 2. The molecule has 0 saturated carbocycles. The molecule has 0 aliphatic carbocycles. The molecule has 0 bridgehead atoms. The van der Waals surface area contributed by atoms with E-state index in [-0.39, 0.29) is 30.0 Å². The fourth-order valence-corrected chi connectivity index (χ4v) is 2.64.